The molecule has 0 radical (unpaired) electrons. The van der Waals surface area contributed by atoms with E-state index in [1.807, 2.05) is 36.7 Å². The summed E-state index contributed by atoms with van der Waals surface area (Å²) in [5.74, 6) is -1.09. The van der Waals surface area contributed by atoms with Crippen LogP contribution < -0.4 is 0 Å². The number of rotatable bonds is 4. The van der Waals surface area contributed by atoms with Crippen LogP contribution in [0.1, 0.15) is 36.2 Å². The largest absolute Gasteiger partial charge is 0.481 e. The van der Waals surface area contributed by atoms with E-state index in [-0.39, 0.29) is 12.2 Å². The van der Waals surface area contributed by atoms with Gasteiger partial charge in [-0.25, -0.2) is 0 Å². The Balaban J connectivity index is 2.44. The summed E-state index contributed by atoms with van der Waals surface area (Å²) in [5, 5.41) is 10.0. The molecule has 2 rings (SSSR count). The molecule has 0 atom stereocenters. The number of ketones is 1. The number of carbonyl (C=O) groups excluding carboxylic acids is 1. The van der Waals surface area contributed by atoms with Crippen molar-refractivity contribution in [2.75, 3.05) is 0 Å². The van der Waals surface area contributed by atoms with Gasteiger partial charge in [0.15, 0.2) is 5.78 Å². The van der Waals surface area contributed by atoms with Gasteiger partial charge in [-0.2, -0.15) is 0 Å². The number of carbonyl (C=O) groups is 2. The Hall–Kier alpha value is -2.10. The van der Waals surface area contributed by atoms with Gasteiger partial charge in [0.05, 0.1) is 5.41 Å². The second-order valence-corrected chi connectivity index (χ2v) is 5.96. The standard InChI is InChI=1S/C16H19NO3/c1-10-5-6-11-12(9-17(4)13(11)7-10)14(18)8-16(2,3)15(19)20/h5-7,9H,8H2,1-4H3,(H,19,20). The summed E-state index contributed by atoms with van der Waals surface area (Å²) in [6, 6.07) is 5.90. The summed E-state index contributed by atoms with van der Waals surface area (Å²) in [5.41, 5.74) is 1.66. The zero-order chi connectivity index (χ0) is 15.1. The summed E-state index contributed by atoms with van der Waals surface area (Å²) < 4.78 is 1.91. The van der Waals surface area contributed by atoms with E-state index in [1.165, 1.54) is 0 Å². The van der Waals surface area contributed by atoms with Crippen molar-refractivity contribution in [3.8, 4) is 0 Å². The van der Waals surface area contributed by atoms with Crippen molar-refractivity contribution in [3.05, 3.63) is 35.5 Å². The lowest BCUT2D eigenvalue weighted by atomic mass is 9.85. The first-order valence-electron chi connectivity index (χ1n) is 6.54. The molecule has 0 bridgehead atoms. The van der Waals surface area contributed by atoms with Crippen molar-refractivity contribution in [2.45, 2.75) is 27.2 Å². The van der Waals surface area contributed by atoms with Gasteiger partial charge in [-0.1, -0.05) is 12.1 Å². The summed E-state index contributed by atoms with van der Waals surface area (Å²) in [6.45, 7) is 5.15. The predicted molar refractivity (Wildman–Crippen MR) is 78.0 cm³/mol. The third-order valence-electron chi connectivity index (χ3n) is 3.63. The Bertz CT molecular complexity index is 695. The number of hydrogen-bond acceptors (Lipinski definition) is 2. The summed E-state index contributed by atoms with van der Waals surface area (Å²) >= 11 is 0. The van der Waals surface area contributed by atoms with Crippen LogP contribution in [0, 0.1) is 12.3 Å². The van der Waals surface area contributed by atoms with Crippen LogP contribution in [-0.4, -0.2) is 21.4 Å². The maximum atomic E-state index is 12.4. The van der Waals surface area contributed by atoms with Crippen molar-refractivity contribution in [2.24, 2.45) is 12.5 Å². The molecule has 20 heavy (non-hydrogen) atoms. The second-order valence-electron chi connectivity index (χ2n) is 5.96. The highest BCUT2D eigenvalue weighted by Gasteiger charge is 2.31. The number of carboxylic acids is 1. The van der Waals surface area contributed by atoms with Crippen LogP contribution in [0.15, 0.2) is 24.4 Å². The van der Waals surface area contributed by atoms with Crippen LogP contribution in [0.4, 0.5) is 0 Å². The van der Waals surface area contributed by atoms with Crippen molar-refractivity contribution in [1.29, 1.82) is 0 Å². The number of carboxylic acid groups (broad SMARTS) is 1. The van der Waals surface area contributed by atoms with E-state index in [4.69, 9.17) is 5.11 Å². The topological polar surface area (TPSA) is 59.3 Å². The average molecular weight is 273 g/mol. The fourth-order valence-electron chi connectivity index (χ4n) is 2.29. The molecule has 0 saturated heterocycles. The summed E-state index contributed by atoms with van der Waals surface area (Å²) in [7, 11) is 1.89. The number of hydrogen-bond donors (Lipinski definition) is 1. The van der Waals surface area contributed by atoms with E-state index >= 15 is 0 Å². The van der Waals surface area contributed by atoms with Crippen molar-refractivity contribution < 1.29 is 14.7 Å². The SMILES string of the molecule is Cc1ccc2c(C(=O)CC(C)(C)C(=O)O)cn(C)c2c1. The molecule has 1 N–H and O–H groups in total. The van der Waals surface area contributed by atoms with Crippen LogP contribution in [0.3, 0.4) is 0 Å². The lowest BCUT2D eigenvalue weighted by Gasteiger charge is -2.17. The van der Waals surface area contributed by atoms with E-state index < -0.39 is 11.4 Å². The van der Waals surface area contributed by atoms with Gasteiger partial charge in [0.25, 0.3) is 0 Å². The van der Waals surface area contributed by atoms with E-state index in [0.717, 1.165) is 16.5 Å². The van der Waals surface area contributed by atoms with Gasteiger partial charge in [-0.15, -0.1) is 0 Å². The van der Waals surface area contributed by atoms with Gasteiger partial charge in [0.1, 0.15) is 0 Å². The van der Waals surface area contributed by atoms with E-state index in [0.29, 0.717) is 5.56 Å². The summed E-state index contributed by atoms with van der Waals surface area (Å²) in [4.78, 5) is 23.5. The monoisotopic (exact) mass is 273 g/mol. The maximum Gasteiger partial charge on any atom is 0.309 e. The predicted octanol–water partition coefficient (Wildman–Crippen LogP) is 3.17. The van der Waals surface area contributed by atoms with Gasteiger partial charge in [-0.05, 0) is 32.4 Å². The number of benzene rings is 1. The van der Waals surface area contributed by atoms with Crippen LogP contribution in [0.5, 0.6) is 0 Å². The number of aromatic nitrogens is 1. The van der Waals surface area contributed by atoms with Crippen LogP contribution >= 0.6 is 0 Å². The van der Waals surface area contributed by atoms with E-state index in [1.54, 1.807) is 20.0 Å². The third kappa shape index (κ3) is 2.46. The Morgan fingerprint density at radius 2 is 1.95 bits per heavy atom. The lowest BCUT2D eigenvalue weighted by Crippen LogP contribution is -2.26. The number of Topliss-reactive ketones (excluding diaryl/α,β-unsaturated/α-hetero) is 1. The molecule has 0 amide bonds. The lowest BCUT2D eigenvalue weighted by molar-refractivity contribution is -0.146. The minimum atomic E-state index is -1.05. The van der Waals surface area contributed by atoms with Crippen molar-refractivity contribution in [1.82, 2.24) is 4.57 Å². The number of aryl methyl sites for hydroxylation is 2. The molecule has 4 nitrogen and oxygen atoms in total. The molecule has 0 unspecified atom stereocenters. The molecule has 0 aliphatic carbocycles. The normalized spacial score (nSPS) is 11.8. The smallest absolute Gasteiger partial charge is 0.309 e. The zero-order valence-corrected chi connectivity index (χ0v) is 12.2. The van der Waals surface area contributed by atoms with Crippen LogP contribution in [-0.2, 0) is 11.8 Å². The molecular weight excluding hydrogens is 254 g/mol. The van der Waals surface area contributed by atoms with Gasteiger partial charge >= 0.3 is 5.97 Å². The Kier molecular flexibility index (Phi) is 3.42. The third-order valence-corrected chi connectivity index (χ3v) is 3.63. The minimum Gasteiger partial charge on any atom is -0.481 e. The highest BCUT2D eigenvalue weighted by molar-refractivity contribution is 6.09. The van der Waals surface area contributed by atoms with Gasteiger partial charge in [0.2, 0.25) is 0 Å². The average Bonchev–Trinajstić information content (AvgIpc) is 2.66. The van der Waals surface area contributed by atoms with E-state index in [9.17, 15) is 9.59 Å². The van der Waals surface area contributed by atoms with Gasteiger partial charge in [0, 0.05) is 36.1 Å². The fraction of sp³-hybridized carbons (Fsp3) is 0.375. The Morgan fingerprint density at radius 3 is 2.55 bits per heavy atom. The van der Waals surface area contributed by atoms with E-state index in [2.05, 4.69) is 0 Å². The van der Waals surface area contributed by atoms with Gasteiger partial charge < -0.3 is 9.67 Å². The van der Waals surface area contributed by atoms with Gasteiger partial charge in [-0.3, -0.25) is 9.59 Å². The van der Waals surface area contributed by atoms with Crippen LogP contribution in [0.2, 0.25) is 0 Å². The Morgan fingerprint density at radius 1 is 1.30 bits per heavy atom. The number of nitrogens with zero attached hydrogens (tertiary/aromatic N) is 1. The first-order chi connectivity index (χ1) is 9.22. The molecule has 0 fully saturated rings. The molecule has 1 aromatic heterocycles. The molecule has 0 aliphatic heterocycles. The van der Waals surface area contributed by atoms with Crippen molar-refractivity contribution in [3.63, 3.8) is 0 Å². The molecule has 4 heteroatoms. The summed E-state index contributed by atoms with van der Waals surface area (Å²) in [6.07, 6.45) is 1.78. The van der Waals surface area contributed by atoms with Crippen LogP contribution in [0.25, 0.3) is 10.9 Å². The number of fused-ring (bicyclic) bond motifs is 1. The highest BCUT2D eigenvalue weighted by atomic mass is 16.4. The maximum absolute atomic E-state index is 12.4. The molecule has 0 spiro atoms. The zero-order valence-electron chi connectivity index (χ0n) is 12.2. The second kappa shape index (κ2) is 4.78. The fourth-order valence-corrected chi connectivity index (χ4v) is 2.29. The molecule has 0 saturated carbocycles. The molecular formula is C16H19NO3. The first-order valence-corrected chi connectivity index (χ1v) is 6.54. The molecule has 1 heterocycles. The quantitative estimate of drug-likeness (QED) is 0.870. The first kappa shape index (κ1) is 14.3. The molecule has 1 aromatic carbocycles. The minimum absolute atomic E-state index is 0.00464. The highest BCUT2D eigenvalue weighted by Crippen LogP contribution is 2.28. The Labute approximate surface area is 118 Å². The molecule has 2 aromatic rings. The van der Waals surface area contributed by atoms with Crippen molar-refractivity contribution >= 4 is 22.7 Å². The molecule has 0 aliphatic rings. The number of aliphatic carboxylic acids is 1. The molecule has 106 valence electrons.